The summed E-state index contributed by atoms with van der Waals surface area (Å²) in [6, 6.07) is 23.9. The summed E-state index contributed by atoms with van der Waals surface area (Å²) < 4.78 is 40.5. The van der Waals surface area contributed by atoms with E-state index in [2.05, 4.69) is 29.6 Å². The Morgan fingerprint density at radius 2 is 1.45 bits per heavy atom. The fourth-order valence-electron chi connectivity index (χ4n) is 5.39. The summed E-state index contributed by atoms with van der Waals surface area (Å²) in [7, 11) is -1.21. The number of rotatable bonds is 14. The number of hydrogen-bond acceptors (Lipinski definition) is 6. The molecule has 0 bridgehead atoms. The van der Waals surface area contributed by atoms with Crippen LogP contribution in [0, 0.1) is 0 Å². The molecule has 0 unspecified atom stereocenters. The Kier molecular flexibility index (Phi) is 10.6. The molecule has 1 aliphatic heterocycles. The molecule has 40 heavy (non-hydrogen) atoms. The van der Waals surface area contributed by atoms with Gasteiger partial charge in [-0.05, 0) is 81.2 Å². The van der Waals surface area contributed by atoms with Crippen LogP contribution in [-0.2, 0) is 27.7 Å². The molecule has 3 aromatic rings. The number of amides is 1. The van der Waals surface area contributed by atoms with Crippen LogP contribution >= 0.6 is 0 Å². The standard InChI is InChI=1S/C32H40N2O5S/c1-38-30-22-21-28(24-31(30)39-2)40(36,37)34(32(35)29-20-11-23-33-29)27(18-9-16-25-12-5-3-6-13-25)19-10-17-26-14-7-4-8-15-26/h3-8,12-15,21-22,24,27,29,33H,9-11,16-20,23H2,1-2H3/t29-/m0/s1. The van der Waals surface area contributed by atoms with Gasteiger partial charge in [-0.2, -0.15) is 0 Å². The average molecular weight is 565 g/mol. The fourth-order valence-corrected chi connectivity index (χ4v) is 7.08. The van der Waals surface area contributed by atoms with Gasteiger partial charge < -0.3 is 14.8 Å². The number of hydrogen-bond donors (Lipinski definition) is 1. The van der Waals surface area contributed by atoms with Crippen molar-refractivity contribution >= 4 is 15.9 Å². The van der Waals surface area contributed by atoms with Crippen LogP contribution in [0.4, 0.5) is 0 Å². The van der Waals surface area contributed by atoms with Crippen molar-refractivity contribution in [3.8, 4) is 11.5 Å². The molecule has 0 radical (unpaired) electrons. The summed E-state index contributed by atoms with van der Waals surface area (Å²) in [6.45, 7) is 0.702. The number of nitrogens with zero attached hydrogens (tertiary/aromatic N) is 1. The molecular formula is C32H40N2O5S. The van der Waals surface area contributed by atoms with Gasteiger partial charge in [0.2, 0.25) is 0 Å². The lowest BCUT2D eigenvalue weighted by molar-refractivity contribution is -0.130. The molecular weight excluding hydrogens is 524 g/mol. The summed E-state index contributed by atoms with van der Waals surface area (Å²) in [5.41, 5.74) is 2.40. The summed E-state index contributed by atoms with van der Waals surface area (Å²) in [4.78, 5) is 14.0. The van der Waals surface area contributed by atoms with Crippen LogP contribution in [0.3, 0.4) is 0 Å². The predicted octanol–water partition coefficient (Wildman–Crippen LogP) is 5.39. The highest BCUT2D eigenvalue weighted by atomic mass is 32.2. The molecule has 214 valence electrons. The number of benzene rings is 3. The number of aryl methyl sites for hydroxylation is 2. The molecule has 1 amide bonds. The zero-order valence-electron chi connectivity index (χ0n) is 23.4. The van der Waals surface area contributed by atoms with Crippen molar-refractivity contribution < 1.29 is 22.7 Å². The highest BCUT2D eigenvalue weighted by molar-refractivity contribution is 7.89. The van der Waals surface area contributed by atoms with Crippen LogP contribution in [-0.4, -0.2) is 51.5 Å². The van der Waals surface area contributed by atoms with E-state index in [9.17, 15) is 13.2 Å². The molecule has 1 aliphatic rings. The Bertz CT molecular complexity index is 1280. The molecule has 1 fully saturated rings. The van der Waals surface area contributed by atoms with Gasteiger partial charge in [0.15, 0.2) is 11.5 Å². The first kappa shape index (κ1) is 29.6. The Morgan fingerprint density at radius 3 is 1.95 bits per heavy atom. The number of carbonyl (C=O) groups excluding carboxylic acids is 1. The largest absolute Gasteiger partial charge is 0.493 e. The van der Waals surface area contributed by atoms with Crippen molar-refractivity contribution in [2.24, 2.45) is 0 Å². The Labute approximate surface area is 238 Å². The third-order valence-corrected chi connectivity index (χ3v) is 9.36. The summed E-state index contributed by atoms with van der Waals surface area (Å²) >= 11 is 0. The van der Waals surface area contributed by atoms with E-state index in [1.165, 1.54) is 41.8 Å². The summed E-state index contributed by atoms with van der Waals surface area (Å²) in [5.74, 6) is 0.357. The summed E-state index contributed by atoms with van der Waals surface area (Å²) in [5, 5.41) is 3.22. The third kappa shape index (κ3) is 7.43. The highest BCUT2D eigenvalue weighted by Crippen LogP contribution is 2.33. The summed E-state index contributed by atoms with van der Waals surface area (Å²) in [6.07, 6.45) is 5.78. The number of carbonyl (C=O) groups is 1. The van der Waals surface area contributed by atoms with Gasteiger partial charge in [0.1, 0.15) is 0 Å². The quantitative estimate of drug-likeness (QED) is 0.283. The van der Waals surface area contributed by atoms with Crippen molar-refractivity contribution in [3.63, 3.8) is 0 Å². The second kappa shape index (κ2) is 14.3. The molecule has 7 nitrogen and oxygen atoms in total. The van der Waals surface area contributed by atoms with Crippen molar-refractivity contribution in [1.29, 1.82) is 0 Å². The second-order valence-electron chi connectivity index (χ2n) is 10.2. The maximum Gasteiger partial charge on any atom is 0.266 e. The van der Waals surface area contributed by atoms with Gasteiger partial charge in [0, 0.05) is 12.1 Å². The molecule has 8 heteroatoms. The number of ether oxygens (including phenoxy) is 2. The van der Waals surface area contributed by atoms with E-state index in [0.717, 1.165) is 32.1 Å². The van der Waals surface area contributed by atoms with E-state index >= 15 is 0 Å². The van der Waals surface area contributed by atoms with Crippen LogP contribution < -0.4 is 14.8 Å². The number of sulfonamides is 1. The third-order valence-electron chi connectivity index (χ3n) is 7.51. The van der Waals surface area contributed by atoms with Crippen LogP contribution in [0.5, 0.6) is 11.5 Å². The molecule has 1 heterocycles. The maximum absolute atomic E-state index is 14.3. The van der Waals surface area contributed by atoms with E-state index in [0.29, 0.717) is 37.3 Å². The van der Waals surface area contributed by atoms with Gasteiger partial charge in [-0.3, -0.25) is 4.79 Å². The molecule has 0 saturated carbocycles. The fraction of sp³-hybridized carbons (Fsp3) is 0.406. The first-order valence-corrected chi connectivity index (χ1v) is 15.5. The van der Waals surface area contributed by atoms with Gasteiger partial charge in [0.05, 0.1) is 25.2 Å². The first-order valence-electron chi connectivity index (χ1n) is 14.1. The smallest absolute Gasteiger partial charge is 0.266 e. The van der Waals surface area contributed by atoms with Gasteiger partial charge >= 0.3 is 0 Å². The van der Waals surface area contributed by atoms with E-state index < -0.39 is 22.1 Å². The minimum Gasteiger partial charge on any atom is -0.493 e. The molecule has 0 spiro atoms. The average Bonchev–Trinajstić information content (AvgIpc) is 3.53. The van der Waals surface area contributed by atoms with Crippen LogP contribution in [0.1, 0.15) is 49.7 Å². The lowest BCUT2D eigenvalue weighted by atomic mass is 9.98. The predicted molar refractivity (Wildman–Crippen MR) is 157 cm³/mol. The van der Waals surface area contributed by atoms with Gasteiger partial charge in [-0.1, -0.05) is 60.7 Å². The second-order valence-corrected chi connectivity index (χ2v) is 12.0. The minimum absolute atomic E-state index is 0.0209. The van der Waals surface area contributed by atoms with E-state index in [1.54, 1.807) is 6.07 Å². The topological polar surface area (TPSA) is 84.9 Å². The van der Waals surface area contributed by atoms with Crippen molar-refractivity contribution in [2.45, 2.75) is 68.3 Å². The van der Waals surface area contributed by atoms with E-state index in [1.807, 2.05) is 36.4 Å². The molecule has 3 aromatic carbocycles. The Morgan fingerprint density at radius 1 is 0.875 bits per heavy atom. The molecule has 1 N–H and O–H groups in total. The molecule has 1 atom stereocenters. The molecule has 0 aliphatic carbocycles. The zero-order valence-corrected chi connectivity index (χ0v) is 24.2. The Balaban J connectivity index is 1.65. The zero-order chi connectivity index (χ0) is 28.4. The monoisotopic (exact) mass is 564 g/mol. The molecule has 0 aromatic heterocycles. The van der Waals surface area contributed by atoms with Crippen LogP contribution in [0.25, 0.3) is 0 Å². The van der Waals surface area contributed by atoms with Gasteiger partial charge in [-0.15, -0.1) is 0 Å². The highest BCUT2D eigenvalue weighted by Gasteiger charge is 2.40. The van der Waals surface area contributed by atoms with Crippen molar-refractivity contribution in [3.05, 3.63) is 90.0 Å². The first-order chi connectivity index (χ1) is 19.4. The normalized spacial score (nSPS) is 15.2. The molecule has 4 rings (SSSR count). The lowest BCUT2D eigenvalue weighted by Gasteiger charge is -2.33. The molecule has 1 saturated heterocycles. The minimum atomic E-state index is -4.18. The lowest BCUT2D eigenvalue weighted by Crippen LogP contribution is -2.51. The van der Waals surface area contributed by atoms with Gasteiger partial charge in [-0.25, -0.2) is 12.7 Å². The van der Waals surface area contributed by atoms with Gasteiger partial charge in [0.25, 0.3) is 15.9 Å². The number of nitrogens with one attached hydrogen (secondary N) is 1. The SMILES string of the molecule is COc1ccc(S(=O)(=O)N(C(=O)[C@@H]2CCCN2)C(CCCc2ccccc2)CCCc2ccccc2)cc1OC. The maximum atomic E-state index is 14.3. The number of methoxy groups -OCH3 is 2. The van der Waals surface area contributed by atoms with Crippen LogP contribution in [0.15, 0.2) is 83.8 Å². The van der Waals surface area contributed by atoms with Crippen molar-refractivity contribution in [1.82, 2.24) is 9.62 Å². The van der Waals surface area contributed by atoms with Crippen LogP contribution in [0.2, 0.25) is 0 Å². The Hall–Kier alpha value is -3.36. The van der Waals surface area contributed by atoms with E-state index in [-0.39, 0.29) is 10.8 Å². The van der Waals surface area contributed by atoms with E-state index in [4.69, 9.17) is 9.47 Å². The van der Waals surface area contributed by atoms with Crippen molar-refractivity contribution in [2.75, 3.05) is 20.8 Å².